The molecule has 37 heavy (non-hydrogen) atoms. The molecule has 0 bridgehead atoms. The van der Waals surface area contributed by atoms with Gasteiger partial charge in [0, 0.05) is 16.7 Å². The predicted molar refractivity (Wildman–Crippen MR) is 145 cm³/mol. The van der Waals surface area contributed by atoms with Crippen LogP contribution in [0, 0.1) is 41.5 Å². The Morgan fingerprint density at radius 2 is 1.08 bits per heavy atom. The maximum atomic E-state index is 6.41. The molecule has 0 saturated carbocycles. The molecule has 6 rings (SSSR count). The van der Waals surface area contributed by atoms with Gasteiger partial charge in [-0.3, -0.25) is 0 Å². The molecule has 3 aromatic rings. The van der Waals surface area contributed by atoms with Crippen molar-refractivity contribution >= 4 is 17.1 Å². The number of nitrogens with zero attached hydrogens (tertiary/aromatic N) is 3. The summed E-state index contributed by atoms with van der Waals surface area (Å²) in [6.45, 7) is 12.7. The monoisotopic (exact) mass is 493 g/mol. The Bertz CT molecular complexity index is 1480. The number of oxime groups is 3. The first-order valence-corrected chi connectivity index (χ1v) is 12.7. The van der Waals surface area contributed by atoms with E-state index in [1.165, 1.54) is 22.3 Å². The molecule has 2 atom stereocenters. The average molecular weight is 494 g/mol. The third kappa shape index (κ3) is 3.50. The van der Waals surface area contributed by atoms with Gasteiger partial charge >= 0.3 is 5.79 Å². The van der Waals surface area contributed by atoms with Gasteiger partial charge in [-0.05, 0) is 63.8 Å². The lowest BCUT2D eigenvalue weighted by Crippen LogP contribution is -2.57. The summed E-state index contributed by atoms with van der Waals surface area (Å²) in [5.74, 6) is -1.25. The van der Waals surface area contributed by atoms with Crippen LogP contribution in [0.5, 0.6) is 0 Å². The molecular weight excluding hydrogens is 462 g/mol. The Kier molecular flexibility index (Phi) is 5.26. The van der Waals surface area contributed by atoms with E-state index in [0.717, 1.165) is 39.2 Å². The van der Waals surface area contributed by atoms with Crippen LogP contribution in [0.3, 0.4) is 0 Å². The first kappa shape index (κ1) is 23.5. The van der Waals surface area contributed by atoms with Gasteiger partial charge in [-0.2, -0.15) is 0 Å². The summed E-state index contributed by atoms with van der Waals surface area (Å²) in [5.41, 5.74) is 11.5. The Labute approximate surface area is 217 Å². The van der Waals surface area contributed by atoms with Gasteiger partial charge in [0.2, 0.25) is 0 Å². The molecule has 3 heterocycles. The molecule has 0 aromatic heterocycles. The lowest BCUT2D eigenvalue weighted by Gasteiger charge is -2.33. The van der Waals surface area contributed by atoms with Crippen LogP contribution in [0.15, 0.2) is 70.1 Å². The number of benzene rings is 3. The molecule has 3 aliphatic heterocycles. The highest BCUT2D eigenvalue weighted by Crippen LogP contribution is 2.51. The van der Waals surface area contributed by atoms with E-state index in [1.807, 2.05) is 30.3 Å². The summed E-state index contributed by atoms with van der Waals surface area (Å²) in [4.78, 5) is 18.8. The van der Waals surface area contributed by atoms with Crippen molar-refractivity contribution in [1.82, 2.24) is 0 Å². The van der Waals surface area contributed by atoms with Crippen molar-refractivity contribution in [2.75, 3.05) is 0 Å². The van der Waals surface area contributed by atoms with E-state index in [-0.39, 0.29) is 0 Å². The summed E-state index contributed by atoms with van der Waals surface area (Å²) >= 11 is 0. The van der Waals surface area contributed by atoms with Gasteiger partial charge < -0.3 is 14.5 Å². The molecule has 0 fully saturated rings. The Balaban J connectivity index is 1.42. The topological polar surface area (TPSA) is 64.8 Å². The molecule has 0 amide bonds. The second-order valence-electron chi connectivity index (χ2n) is 10.6. The maximum Gasteiger partial charge on any atom is 0.352 e. The Hall–Kier alpha value is -3.93. The van der Waals surface area contributed by atoms with Gasteiger partial charge in [-0.15, -0.1) is 0 Å². The summed E-state index contributed by atoms with van der Waals surface area (Å²) < 4.78 is 0. The molecule has 0 N–H and O–H groups in total. The van der Waals surface area contributed by atoms with Crippen molar-refractivity contribution in [2.24, 2.45) is 15.5 Å². The molecule has 6 heteroatoms. The van der Waals surface area contributed by atoms with Crippen LogP contribution >= 0.6 is 0 Å². The van der Waals surface area contributed by atoms with Crippen molar-refractivity contribution in [2.45, 2.75) is 65.8 Å². The molecule has 0 aliphatic carbocycles. The van der Waals surface area contributed by atoms with Crippen molar-refractivity contribution in [3.63, 3.8) is 0 Å². The van der Waals surface area contributed by atoms with E-state index in [9.17, 15) is 0 Å². The molecule has 3 aliphatic rings. The lowest BCUT2D eigenvalue weighted by molar-refractivity contribution is -0.278. The van der Waals surface area contributed by atoms with Crippen LogP contribution in [0.25, 0.3) is 0 Å². The van der Waals surface area contributed by atoms with E-state index in [4.69, 9.17) is 14.5 Å². The van der Waals surface area contributed by atoms with Crippen molar-refractivity contribution in [1.29, 1.82) is 0 Å². The first-order valence-electron chi connectivity index (χ1n) is 12.7. The average Bonchev–Trinajstić information content (AvgIpc) is 3.53. The van der Waals surface area contributed by atoms with Gasteiger partial charge in [0.15, 0.2) is 0 Å². The number of hydrogen-bond donors (Lipinski definition) is 0. The minimum Gasteiger partial charge on any atom is -0.373 e. The van der Waals surface area contributed by atoms with E-state index in [2.05, 4.69) is 81.3 Å². The van der Waals surface area contributed by atoms with E-state index < -0.39 is 11.4 Å². The number of aryl methyl sites for hydroxylation is 6. The van der Waals surface area contributed by atoms with Crippen LogP contribution in [-0.4, -0.2) is 28.5 Å². The van der Waals surface area contributed by atoms with E-state index in [1.54, 1.807) is 0 Å². The van der Waals surface area contributed by atoms with E-state index >= 15 is 0 Å². The smallest absolute Gasteiger partial charge is 0.352 e. The van der Waals surface area contributed by atoms with Crippen LogP contribution in [0.1, 0.15) is 62.9 Å². The number of fused-ring (bicyclic) bond motifs is 1. The molecule has 0 radical (unpaired) electrons. The molecule has 0 saturated heterocycles. The van der Waals surface area contributed by atoms with Gasteiger partial charge in [-0.25, -0.2) is 0 Å². The highest BCUT2D eigenvalue weighted by Gasteiger charge is 2.72. The first-order chi connectivity index (χ1) is 17.7. The third-order valence-corrected chi connectivity index (χ3v) is 7.69. The molecule has 3 aromatic carbocycles. The van der Waals surface area contributed by atoms with Gasteiger partial charge in [-0.1, -0.05) is 81.2 Å². The fourth-order valence-electron chi connectivity index (χ4n) is 6.31. The molecule has 188 valence electrons. The summed E-state index contributed by atoms with van der Waals surface area (Å²) in [6, 6.07) is 18.7. The van der Waals surface area contributed by atoms with Gasteiger partial charge in [0.25, 0.3) is 5.60 Å². The molecule has 2 spiro atoms. The molecule has 0 unspecified atom stereocenters. The minimum atomic E-state index is -1.25. The van der Waals surface area contributed by atoms with Crippen LogP contribution in [-0.2, 0) is 14.5 Å². The zero-order valence-corrected chi connectivity index (χ0v) is 22.2. The fourth-order valence-corrected chi connectivity index (χ4v) is 6.31. The highest BCUT2D eigenvalue weighted by atomic mass is 16.9. The van der Waals surface area contributed by atoms with E-state index in [0.29, 0.717) is 18.6 Å². The Morgan fingerprint density at radius 1 is 0.595 bits per heavy atom. The van der Waals surface area contributed by atoms with Crippen LogP contribution in [0.4, 0.5) is 0 Å². The summed E-state index contributed by atoms with van der Waals surface area (Å²) in [6.07, 6.45) is 0.854. The van der Waals surface area contributed by atoms with Crippen LogP contribution in [0.2, 0.25) is 0 Å². The number of hydrogen-bond acceptors (Lipinski definition) is 6. The predicted octanol–water partition coefficient (Wildman–Crippen LogP) is 6.36. The number of rotatable bonds is 3. The summed E-state index contributed by atoms with van der Waals surface area (Å²) in [5, 5.41) is 13.8. The zero-order chi connectivity index (χ0) is 25.9. The van der Waals surface area contributed by atoms with Crippen molar-refractivity contribution < 1.29 is 14.5 Å². The Morgan fingerprint density at radius 3 is 1.65 bits per heavy atom. The summed E-state index contributed by atoms with van der Waals surface area (Å²) in [7, 11) is 0. The SMILES string of the molecule is Cc1cc(C)c(C2=NO[C@@]3(C2)ON=C(c2ccccc2)[C@@]32CC(c3c(C)cc(C)cc3C)=NO2)c(C)c1. The van der Waals surface area contributed by atoms with Crippen molar-refractivity contribution in [3.8, 4) is 0 Å². The van der Waals surface area contributed by atoms with Crippen LogP contribution < -0.4 is 0 Å². The minimum absolute atomic E-state index is 0.395. The highest BCUT2D eigenvalue weighted by molar-refractivity contribution is 6.15. The molecular formula is C31H31N3O3. The second kappa shape index (κ2) is 8.30. The van der Waals surface area contributed by atoms with Gasteiger partial charge in [0.1, 0.15) is 5.71 Å². The third-order valence-electron chi connectivity index (χ3n) is 7.69. The quantitative estimate of drug-likeness (QED) is 0.427. The lowest BCUT2D eigenvalue weighted by atomic mass is 9.77. The van der Waals surface area contributed by atoms with Crippen molar-refractivity contribution in [3.05, 3.63) is 105 Å². The normalized spacial score (nSPS) is 24.0. The van der Waals surface area contributed by atoms with Gasteiger partial charge in [0.05, 0.1) is 24.3 Å². The molecule has 6 nitrogen and oxygen atoms in total. The zero-order valence-electron chi connectivity index (χ0n) is 22.2. The fraction of sp³-hybridized carbons (Fsp3) is 0.323. The largest absolute Gasteiger partial charge is 0.373 e. The standard InChI is InChI=1S/C31H31N3O3/c1-18-12-20(3)27(21(4)13-18)25-16-30(35-32-25)29(24-10-8-7-9-11-24)34-37-31(30)17-26(33-36-31)28-22(5)14-19(2)15-23(28)6/h7-15H,16-17H2,1-6H3/t30-,31-/m0/s1. The second-order valence-corrected chi connectivity index (χ2v) is 10.6. The maximum absolute atomic E-state index is 6.41.